The number of aliphatic hydroxyl groups excluding tert-OH is 1. The molecule has 0 radical (unpaired) electrons. The molecule has 5 nitrogen and oxygen atoms in total. The van der Waals surface area contributed by atoms with Crippen LogP contribution in [0.4, 0.5) is 0 Å². The molecule has 1 atom stereocenters. The Morgan fingerprint density at radius 3 is 1.10 bits per heavy atom. The minimum atomic E-state index is -0.776. The van der Waals surface area contributed by atoms with Gasteiger partial charge in [-0.3, -0.25) is 9.59 Å². The molecule has 0 heterocycles. The number of allylic oxidation sites excluding steroid dienone is 12. The van der Waals surface area contributed by atoms with Gasteiger partial charge in [-0.1, -0.05) is 222 Å². The van der Waals surface area contributed by atoms with Crippen LogP contribution < -0.4 is 0 Å². The molecular weight excluding hydrogens is 741 g/mol. The first-order valence-corrected chi connectivity index (χ1v) is 25.5. The molecule has 1 unspecified atom stereocenters. The lowest BCUT2D eigenvalue weighted by atomic mass is 10.0. The highest BCUT2D eigenvalue weighted by molar-refractivity contribution is 5.70. The Hall–Kier alpha value is -2.66. The molecule has 346 valence electrons. The number of unbranched alkanes of at least 4 members (excludes halogenated alkanes) is 26. The molecule has 1 N–H and O–H groups in total. The number of hydrogen-bond acceptors (Lipinski definition) is 5. The summed E-state index contributed by atoms with van der Waals surface area (Å²) in [7, 11) is 0. The smallest absolute Gasteiger partial charge is 0.306 e. The average Bonchev–Trinajstić information content (AvgIpc) is 3.25. The first-order valence-electron chi connectivity index (χ1n) is 25.5. The maximum Gasteiger partial charge on any atom is 0.306 e. The summed E-state index contributed by atoms with van der Waals surface area (Å²) in [6, 6.07) is 0. The van der Waals surface area contributed by atoms with Crippen molar-refractivity contribution in [3.63, 3.8) is 0 Å². The van der Waals surface area contributed by atoms with Gasteiger partial charge in [0.25, 0.3) is 0 Å². The SMILES string of the molecule is CC/C=C\C/C=C\C/C=C\C/C=C\C/C=C\CCCCCCCCCCCCCCCC(=O)OC(CO)COC(=O)CCCCCCCCC/C=C\CCCCCCCC. The van der Waals surface area contributed by atoms with Crippen molar-refractivity contribution >= 4 is 11.9 Å². The number of carbonyl (C=O) groups is 2. The number of esters is 2. The number of carbonyl (C=O) groups excluding carboxylic acids is 2. The van der Waals surface area contributed by atoms with Crippen molar-refractivity contribution in [1.29, 1.82) is 0 Å². The van der Waals surface area contributed by atoms with Crippen molar-refractivity contribution in [2.75, 3.05) is 13.2 Å². The molecule has 5 heteroatoms. The molecule has 0 aromatic carbocycles. The predicted octanol–water partition coefficient (Wildman–Crippen LogP) is 16.9. The van der Waals surface area contributed by atoms with Crippen LogP contribution in [0.15, 0.2) is 72.9 Å². The maximum absolute atomic E-state index is 12.3. The fraction of sp³-hybridized carbons (Fsp3) is 0.745. The summed E-state index contributed by atoms with van der Waals surface area (Å²) in [6.07, 6.45) is 68.5. The van der Waals surface area contributed by atoms with E-state index in [0.717, 1.165) is 70.6 Å². The molecule has 60 heavy (non-hydrogen) atoms. The first-order chi connectivity index (χ1) is 29.6. The minimum Gasteiger partial charge on any atom is -0.462 e. The van der Waals surface area contributed by atoms with Gasteiger partial charge in [0.1, 0.15) is 6.61 Å². The molecule has 0 aliphatic carbocycles. The standard InChI is InChI=1S/C55H96O5/c1-3-5-7-9-11-13-15-17-19-21-22-23-24-25-26-27-28-29-30-31-32-34-36-38-40-42-44-46-48-50-55(58)60-53(51-56)52-59-54(57)49-47-45-43-41-39-37-35-33-20-18-16-14-12-10-8-6-4-2/h5,7,11,13,17-20,22-23,25-26,53,56H,3-4,6,8-10,12,14-16,21,24,27-52H2,1-2H3/b7-5-,13-11-,19-17-,20-18-,23-22-,26-25-. The quantitative estimate of drug-likeness (QED) is 0.0376. The van der Waals surface area contributed by atoms with Crippen molar-refractivity contribution < 1.29 is 24.2 Å². The Bertz CT molecular complexity index is 1080. The zero-order valence-corrected chi connectivity index (χ0v) is 39.5. The summed E-state index contributed by atoms with van der Waals surface area (Å²) < 4.78 is 10.7. The van der Waals surface area contributed by atoms with Gasteiger partial charge in [-0.15, -0.1) is 0 Å². The summed E-state index contributed by atoms with van der Waals surface area (Å²) >= 11 is 0. The third-order valence-corrected chi connectivity index (χ3v) is 11.0. The third kappa shape index (κ3) is 48.0. The van der Waals surface area contributed by atoms with Gasteiger partial charge in [-0.05, 0) is 83.5 Å². The lowest BCUT2D eigenvalue weighted by molar-refractivity contribution is -0.161. The van der Waals surface area contributed by atoms with Crippen LogP contribution in [0.25, 0.3) is 0 Å². The summed E-state index contributed by atoms with van der Waals surface area (Å²) in [5, 5.41) is 9.62. The number of rotatable bonds is 46. The van der Waals surface area contributed by atoms with Crippen LogP contribution in [0.1, 0.15) is 245 Å². The molecule has 0 saturated carbocycles. The molecule has 0 aliphatic heterocycles. The van der Waals surface area contributed by atoms with Crippen molar-refractivity contribution in [2.45, 2.75) is 251 Å². The summed E-state index contributed by atoms with van der Waals surface area (Å²) in [4.78, 5) is 24.4. The molecule has 0 aromatic heterocycles. The van der Waals surface area contributed by atoms with Gasteiger partial charge >= 0.3 is 11.9 Å². The minimum absolute atomic E-state index is 0.0692. The Balaban J connectivity index is 3.51. The summed E-state index contributed by atoms with van der Waals surface area (Å²) in [5.74, 6) is -0.593. The van der Waals surface area contributed by atoms with E-state index in [0.29, 0.717) is 12.8 Å². The van der Waals surface area contributed by atoms with E-state index < -0.39 is 6.10 Å². The Kier molecular flexibility index (Phi) is 48.4. The topological polar surface area (TPSA) is 72.8 Å². The van der Waals surface area contributed by atoms with Crippen molar-refractivity contribution in [2.24, 2.45) is 0 Å². The fourth-order valence-electron chi connectivity index (χ4n) is 7.17. The van der Waals surface area contributed by atoms with Crippen LogP contribution >= 0.6 is 0 Å². The van der Waals surface area contributed by atoms with Crippen LogP contribution in [0.3, 0.4) is 0 Å². The van der Waals surface area contributed by atoms with Crippen LogP contribution in [-0.2, 0) is 19.1 Å². The van der Waals surface area contributed by atoms with E-state index in [1.54, 1.807) is 0 Å². The molecule has 0 amide bonds. The number of aliphatic hydroxyl groups is 1. The molecule has 0 aliphatic rings. The zero-order valence-electron chi connectivity index (χ0n) is 39.5. The predicted molar refractivity (Wildman–Crippen MR) is 260 cm³/mol. The maximum atomic E-state index is 12.3. The third-order valence-electron chi connectivity index (χ3n) is 11.0. The van der Waals surface area contributed by atoms with Crippen LogP contribution in [0.2, 0.25) is 0 Å². The Labute approximate surface area is 372 Å². The molecular formula is C55H96O5. The molecule has 0 saturated heterocycles. The Morgan fingerprint density at radius 2 is 0.717 bits per heavy atom. The molecule has 0 rings (SSSR count). The molecule has 0 aromatic rings. The largest absolute Gasteiger partial charge is 0.462 e. The summed E-state index contributed by atoms with van der Waals surface area (Å²) in [5.41, 5.74) is 0. The van der Waals surface area contributed by atoms with Gasteiger partial charge in [0.2, 0.25) is 0 Å². The zero-order chi connectivity index (χ0) is 43.5. The van der Waals surface area contributed by atoms with E-state index >= 15 is 0 Å². The van der Waals surface area contributed by atoms with Crippen molar-refractivity contribution in [3.05, 3.63) is 72.9 Å². The molecule has 0 fully saturated rings. The van der Waals surface area contributed by atoms with E-state index in [-0.39, 0.29) is 25.2 Å². The van der Waals surface area contributed by atoms with Gasteiger partial charge in [0.05, 0.1) is 6.61 Å². The summed E-state index contributed by atoms with van der Waals surface area (Å²) in [6.45, 7) is 4.03. The van der Waals surface area contributed by atoms with E-state index in [9.17, 15) is 14.7 Å². The van der Waals surface area contributed by atoms with Crippen LogP contribution in [-0.4, -0.2) is 36.4 Å². The number of ether oxygens (including phenoxy) is 2. The highest BCUT2D eigenvalue weighted by Gasteiger charge is 2.16. The average molecular weight is 837 g/mol. The van der Waals surface area contributed by atoms with Gasteiger partial charge < -0.3 is 14.6 Å². The van der Waals surface area contributed by atoms with E-state index in [2.05, 4.69) is 86.8 Å². The van der Waals surface area contributed by atoms with Crippen LogP contribution in [0, 0.1) is 0 Å². The van der Waals surface area contributed by atoms with Gasteiger partial charge in [0.15, 0.2) is 6.10 Å². The van der Waals surface area contributed by atoms with Crippen molar-refractivity contribution in [3.8, 4) is 0 Å². The first kappa shape index (κ1) is 57.3. The van der Waals surface area contributed by atoms with E-state index in [4.69, 9.17) is 9.47 Å². The molecule has 0 spiro atoms. The highest BCUT2D eigenvalue weighted by atomic mass is 16.6. The number of hydrogen-bond donors (Lipinski definition) is 1. The van der Waals surface area contributed by atoms with Gasteiger partial charge in [0, 0.05) is 12.8 Å². The Morgan fingerprint density at radius 1 is 0.400 bits per heavy atom. The lowest BCUT2D eigenvalue weighted by Gasteiger charge is -2.15. The van der Waals surface area contributed by atoms with E-state index in [1.165, 1.54) is 148 Å². The van der Waals surface area contributed by atoms with Gasteiger partial charge in [-0.2, -0.15) is 0 Å². The molecule has 0 bridgehead atoms. The van der Waals surface area contributed by atoms with Crippen molar-refractivity contribution in [1.82, 2.24) is 0 Å². The lowest BCUT2D eigenvalue weighted by Crippen LogP contribution is -2.28. The fourth-order valence-corrected chi connectivity index (χ4v) is 7.17. The van der Waals surface area contributed by atoms with Crippen LogP contribution in [0.5, 0.6) is 0 Å². The second-order valence-electron chi connectivity index (χ2n) is 16.9. The monoisotopic (exact) mass is 837 g/mol. The van der Waals surface area contributed by atoms with Gasteiger partial charge in [-0.25, -0.2) is 0 Å². The second kappa shape index (κ2) is 50.7. The normalized spacial score (nSPS) is 12.8. The van der Waals surface area contributed by atoms with E-state index in [1.807, 2.05) is 0 Å². The second-order valence-corrected chi connectivity index (χ2v) is 16.9. The highest BCUT2D eigenvalue weighted by Crippen LogP contribution is 2.15.